The molecule has 3 nitrogen and oxygen atoms in total. The van der Waals surface area contributed by atoms with Crippen molar-refractivity contribution in [1.82, 2.24) is 4.98 Å². The second kappa shape index (κ2) is 6.65. The molecule has 1 heterocycles. The molecule has 0 spiro atoms. The third-order valence-corrected chi connectivity index (χ3v) is 4.93. The molecular formula is C17H17ClN2OS. The fourth-order valence-corrected chi connectivity index (χ4v) is 3.29. The maximum Gasteiger partial charge on any atom is 0.124 e. The predicted octanol–water partition coefficient (Wildman–Crippen LogP) is 4.28. The van der Waals surface area contributed by atoms with Crippen LogP contribution in [-0.2, 0) is 0 Å². The third-order valence-electron chi connectivity index (χ3n) is 3.48. The van der Waals surface area contributed by atoms with E-state index >= 15 is 0 Å². The minimum Gasteiger partial charge on any atom is -0.390 e. The second-order valence-corrected chi connectivity index (χ2v) is 6.54. The molecular weight excluding hydrogens is 316 g/mol. The number of alkyl halides is 1. The number of hydrogen-bond acceptors (Lipinski definition) is 4. The zero-order valence-corrected chi connectivity index (χ0v) is 13.8. The van der Waals surface area contributed by atoms with Gasteiger partial charge >= 0.3 is 0 Å². The average molecular weight is 333 g/mol. The van der Waals surface area contributed by atoms with Crippen molar-refractivity contribution in [2.75, 3.05) is 17.7 Å². The van der Waals surface area contributed by atoms with E-state index in [2.05, 4.69) is 34.6 Å². The number of aromatic nitrogens is 1. The molecule has 0 saturated heterocycles. The summed E-state index contributed by atoms with van der Waals surface area (Å²) in [6.07, 6.45) is -0.549. The largest absolute Gasteiger partial charge is 0.390 e. The van der Waals surface area contributed by atoms with Crippen molar-refractivity contribution in [3.05, 3.63) is 48.0 Å². The van der Waals surface area contributed by atoms with Crippen LogP contribution in [-0.4, -0.2) is 28.6 Å². The number of aliphatic hydroxyl groups excluding tert-OH is 1. The number of para-hydroxylation sites is 1. The lowest BCUT2D eigenvalue weighted by atomic mass is 10.1. The molecule has 0 aliphatic rings. The third kappa shape index (κ3) is 3.24. The molecule has 22 heavy (non-hydrogen) atoms. The Morgan fingerprint density at radius 3 is 2.86 bits per heavy atom. The van der Waals surface area contributed by atoms with Crippen LogP contribution in [0.25, 0.3) is 20.8 Å². The van der Waals surface area contributed by atoms with Crippen LogP contribution in [0.4, 0.5) is 5.69 Å². The number of nitrogens with one attached hydrogen (secondary N) is 1. The van der Waals surface area contributed by atoms with Gasteiger partial charge in [-0.3, -0.25) is 0 Å². The quantitative estimate of drug-likeness (QED) is 0.685. The summed E-state index contributed by atoms with van der Waals surface area (Å²) in [7, 11) is 0. The van der Waals surface area contributed by atoms with Gasteiger partial charge in [-0.15, -0.1) is 22.9 Å². The number of nitrogens with zero attached hydrogens (tertiary/aromatic N) is 1. The van der Waals surface area contributed by atoms with E-state index in [1.807, 2.05) is 25.1 Å². The highest BCUT2D eigenvalue weighted by atomic mass is 35.5. The van der Waals surface area contributed by atoms with Gasteiger partial charge in [0.1, 0.15) is 5.01 Å². The highest BCUT2D eigenvalue weighted by Gasteiger charge is 2.09. The van der Waals surface area contributed by atoms with Gasteiger partial charge in [0.2, 0.25) is 0 Å². The molecule has 0 amide bonds. The maximum absolute atomic E-state index is 9.59. The first-order valence-electron chi connectivity index (χ1n) is 7.12. The van der Waals surface area contributed by atoms with Gasteiger partial charge in [0.05, 0.1) is 22.2 Å². The SMILES string of the molecule is Cc1ccc(-c2nc3ccccc3s2)cc1NCC(O)CCl. The van der Waals surface area contributed by atoms with Crippen LogP contribution in [0.3, 0.4) is 0 Å². The monoisotopic (exact) mass is 332 g/mol. The van der Waals surface area contributed by atoms with Crippen molar-refractivity contribution in [3.63, 3.8) is 0 Å². The molecule has 0 aliphatic heterocycles. The first-order chi connectivity index (χ1) is 10.7. The molecule has 0 radical (unpaired) electrons. The Bertz CT molecular complexity index is 754. The summed E-state index contributed by atoms with van der Waals surface area (Å²) in [6.45, 7) is 2.48. The van der Waals surface area contributed by atoms with Gasteiger partial charge < -0.3 is 10.4 Å². The molecule has 1 aromatic heterocycles. The van der Waals surface area contributed by atoms with Crippen molar-refractivity contribution < 1.29 is 5.11 Å². The van der Waals surface area contributed by atoms with Crippen LogP contribution in [0.15, 0.2) is 42.5 Å². The first-order valence-corrected chi connectivity index (χ1v) is 8.47. The van der Waals surface area contributed by atoms with Gasteiger partial charge in [-0.25, -0.2) is 4.98 Å². The number of rotatable bonds is 5. The number of fused-ring (bicyclic) bond motifs is 1. The number of aryl methyl sites for hydroxylation is 1. The van der Waals surface area contributed by atoms with Gasteiger partial charge in [0, 0.05) is 17.8 Å². The van der Waals surface area contributed by atoms with Crippen molar-refractivity contribution in [2.45, 2.75) is 13.0 Å². The smallest absolute Gasteiger partial charge is 0.124 e. The summed E-state index contributed by atoms with van der Waals surface area (Å²) >= 11 is 7.32. The lowest BCUT2D eigenvalue weighted by Gasteiger charge is -2.13. The van der Waals surface area contributed by atoms with E-state index in [1.165, 1.54) is 4.70 Å². The molecule has 3 rings (SSSR count). The molecule has 0 aliphatic carbocycles. The molecule has 114 valence electrons. The van der Waals surface area contributed by atoms with E-state index in [0.29, 0.717) is 6.54 Å². The van der Waals surface area contributed by atoms with Crippen LogP contribution in [0.2, 0.25) is 0 Å². The fourth-order valence-electron chi connectivity index (χ4n) is 2.22. The molecule has 3 aromatic rings. The summed E-state index contributed by atoms with van der Waals surface area (Å²) in [5, 5.41) is 13.8. The van der Waals surface area contributed by atoms with Crippen LogP contribution < -0.4 is 5.32 Å². The number of hydrogen-bond donors (Lipinski definition) is 2. The number of anilines is 1. The van der Waals surface area contributed by atoms with Gasteiger partial charge in [-0.2, -0.15) is 0 Å². The molecule has 1 atom stereocenters. The first kappa shape index (κ1) is 15.3. The lowest BCUT2D eigenvalue weighted by Crippen LogP contribution is -2.21. The van der Waals surface area contributed by atoms with Crippen LogP contribution in [0.1, 0.15) is 5.56 Å². The molecule has 2 N–H and O–H groups in total. The highest BCUT2D eigenvalue weighted by molar-refractivity contribution is 7.21. The molecule has 0 fully saturated rings. The van der Waals surface area contributed by atoms with Crippen molar-refractivity contribution in [2.24, 2.45) is 0 Å². The molecule has 2 aromatic carbocycles. The number of aliphatic hydroxyl groups is 1. The Kier molecular flexibility index (Phi) is 4.62. The number of halogens is 1. The fraction of sp³-hybridized carbons (Fsp3) is 0.235. The van der Waals surface area contributed by atoms with Crippen LogP contribution >= 0.6 is 22.9 Å². The Morgan fingerprint density at radius 2 is 2.09 bits per heavy atom. The second-order valence-electron chi connectivity index (χ2n) is 5.21. The Morgan fingerprint density at radius 1 is 1.27 bits per heavy atom. The summed E-state index contributed by atoms with van der Waals surface area (Å²) in [6, 6.07) is 14.4. The lowest BCUT2D eigenvalue weighted by molar-refractivity contribution is 0.211. The number of thiazole rings is 1. The predicted molar refractivity (Wildman–Crippen MR) is 95.0 cm³/mol. The minimum absolute atomic E-state index is 0.226. The highest BCUT2D eigenvalue weighted by Crippen LogP contribution is 2.32. The van der Waals surface area contributed by atoms with E-state index in [0.717, 1.165) is 27.3 Å². The van der Waals surface area contributed by atoms with Gasteiger partial charge in [0.25, 0.3) is 0 Å². The standard InChI is InChI=1S/C17H17ClN2OS/c1-11-6-7-12(8-15(11)19-10-13(21)9-18)17-20-14-4-2-3-5-16(14)22-17/h2-8,13,19,21H,9-10H2,1H3. The normalized spacial score (nSPS) is 12.5. The summed E-state index contributed by atoms with van der Waals surface area (Å²) in [4.78, 5) is 4.69. The van der Waals surface area contributed by atoms with Crippen molar-refractivity contribution >= 4 is 38.8 Å². The van der Waals surface area contributed by atoms with E-state index in [1.54, 1.807) is 11.3 Å². The zero-order chi connectivity index (χ0) is 15.5. The van der Waals surface area contributed by atoms with Crippen LogP contribution in [0.5, 0.6) is 0 Å². The van der Waals surface area contributed by atoms with Gasteiger partial charge in [-0.1, -0.05) is 24.3 Å². The van der Waals surface area contributed by atoms with Crippen LogP contribution in [0, 0.1) is 6.92 Å². The average Bonchev–Trinajstić information content (AvgIpc) is 2.97. The number of benzene rings is 2. The molecule has 0 bridgehead atoms. The summed E-state index contributed by atoms with van der Waals surface area (Å²) < 4.78 is 1.19. The van der Waals surface area contributed by atoms with Crippen molar-refractivity contribution in [3.8, 4) is 10.6 Å². The van der Waals surface area contributed by atoms with E-state index in [4.69, 9.17) is 11.6 Å². The minimum atomic E-state index is -0.549. The van der Waals surface area contributed by atoms with Gasteiger partial charge in [0.15, 0.2) is 0 Å². The Labute approximate surface area is 138 Å². The van der Waals surface area contributed by atoms with Crippen molar-refractivity contribution in [1.29, 1.82) is 0 Å². The summed E-state index contributed by atoms with van der Waals surface area (Å²) in [5.41, 5.74) is 4.23. The van der Waals surface area contributed by atoms with Gasteiger partial charge in [-0.05, 0) is 30.7 Å². The maximum atomic E-state index is 9.59. The molecule has 1 unspecified atom stereocenters. The van der Waals surface area contributed by atoms with E-state index in [-0.39, 0.29) is 5.88 Å². The molecule has 5 heteroatoms. The molecule has 0 saturated carbocycles. The van der Waals surface area contributed by atoms with E-state index in [9.17, 15) is 5.11 Å². The Hall–Kier alpha value is -1.62. The summed E-state index contributed by atoms with van der Waals surface area (Å²) in [5.74, 6) is 0.226. The topological polar surface area (TPSA) is 45.2 Å². The zero-order valence-electron chi connectivity index (χ0n) is 12.2. The Balaban J connectivity index is 1.90. The van der Waals surface area contributed by atoms with E-state index < -0.39 is 6.10 Å².